The Balaban J connectivity index is 2.50. The summed E-state index contributed by atoms with van der Waals surface area (Å²) in [6, 6.07) is 9.55. The van der Waals surface area contributed by atoms with Crippen molar-refractivity contribution >= 4 is 11.6 Å². The van der Waals surface area contributed by atoms with Gasteiger partial charge in [0.25, 0.3) is 5.91 Å². The minimum atomic E-state index is -0.134. The Kier molecular flexibility index (Phi) is 5.68. The van der Waals surface area contributed by atoms with Gasteiger partial charge in [0.1, 0.15) is 5.75 Å². The highest BCUT2D eigenvalue weighted by atomic mass is 16.5. The van der Waals surface area contributed by atoms with Gasteiger partial charge in [-0.25, -0.2) is 0 Å². The fourth-order valence-electron chi connectivity index (χ4n) is 1.45. The molecule has 0 aliphatic carbocycles. The Bertz CT molecular complexity index is 466. The number of amides is 1. The van der Waals surface area contributed by atoms with Gasteiger partial charge < -0.3 is 14.5 Å². The van der Waals surface area contributed by atoms with Gasteiger partial charge in [-0.1, -0.05) is 6.07 Å². The number of anilines is 1. The second-order valence-electron chi connectivity index (χ2n) is 4.40. The maximum atomic E-state index is 11.7. The van der Waals surface area contributed by atoms with Gasteiger partial charge in [0.05, 0.1) is 12.5 Å². The van der Waals surface area contributed by atoms with Gasteiger partial charge in [-0.2, -0.15) is 5.26 Å². The average molecular weight is 261 g/mol. The largest absolute Gasteiger partial charge is 0.484 e. The molecule has 0 aliphatic heterocycles. The van der Waals surface area contributed by atoms with E-state index in [0.29, 0.717) is 18.7 Å². The Morgan fingerprint density at radius 3 is 2.74 bits per heavy atom. The molecule has 0 N–H and O–H groups in total. The molecule has 5 nitrogen and oxygen atoms in total. The third-order valence-electron chi connectivity index (χ3n) is 2.68. The van der Waals surface area contributed by atoms with Crippen LogP contribution in [-0.2, 0) is 4.79 Å². The molecule has 0 saturated heterocycles. The molecule has 1 aromatic rings. The molecular weight excluding hydrogens is 242 g/mol. The van der Waals surface area contributed by atoms with E-state index in [9.17, 15) is 4.79 Å². The summed E-state index contributed by atoms with van der Waals surface area (Å²) in [5.74, 6) is 0.527. The Hall–Kier alpha value is -2.22. The van der Waals surface area contributed by atoms with E-state index in [1.54, 1.807) is 7.05 Å². The number of likely N-dealkylation sites (N-methyl/N-ethyl adjacent to an activating group) is 1. The lowest BCUT2D eigenvalue weighted by Gasteiger charge is -2.17. The van der Waals surface area contributed by atoms with Crippen molar-refractivity contribution in [2.75, 3.05) is 39.2 Å². The zero-order valence-electron chi connectivity index (χ0n) is 11.6. The molecule has 1 rings (SSSR count). The molecule has 0 bridgehead atoms. The summed E-state index contributed by atoms with van der Waals surface area (Å²) in [4.78, 5) is 15.2. The highest BCUT2D eigenvalue weighted by Gasteiger charge is 2.09. The van der Waals surface area contributed by atoms with Gasteiger partial charge in [0.2, 0.25) is 0 Å². The molecule has 0 atom stereocenters. The van der Waals surface area contributed by atoms with E-state index >= 15 is 0 Å². The molecule has 0 heterocycles. The maximum Gasteiger partial charge on any atom is 0.260 e. The summed E-state index contributed by atoms with van der Waals surface area (Å²) in [6.07, 6.45) is 0.332. The van der Waals surface area contributed by atoms with Crippen LogP contribution in [0.3, 0.4) is 0 Å². The first kappa shape index (κ1) is 14.8. The predicted octanol–water partition coefficient (Wildman–Crippen LogP) is 1.50. The van der Waals surface area contributed by atoms with Crippen LogP contribution in [0.15, 0.2) is 24.3 Å². The number of hydrogen-bond donors (Lipinski definition) is 0. The highest BCUT2D eigenvalue weighted by molar-refractivity contribution is 5.77. The number of rotatable bonds is 6. The number of nitriles is 1. The van der Waals surface area contributed by atoms with Crippen LogP contribution in [0.4, 0.5) is 5.69 Å². The van der Waals surface area contributed by atoms with E-state index in [-0.39, 0.29) is 12.5 Å². The smallest absolute Gasteiger partial charge is 0.260 e. The van der Waals surface area contributed by atoms with Crippen molar-refractivity contribution in [3.8, 4) is 11.8 Å². The van der Waals surface area contributed by atoms with Crippen LogP contribution < -0.4 is 9.64 Å². The fraction of sp³-hybridized carbons (Fsp3) is 0.429. The monoisotopic (exact) mass is 261 g/mol. The van der Waals surface area contributed by atoms with Gasteiger partial charge in [-0.15, -0.1) is 0 Å². The molecule has 0 spiro atoms. The Labute approximate surface area is 114 Å². The lowest BCUT2D eigenvalue weighted by molar-refractivity contribution is -0.131. The standard InChI is InChI=1S/C14H19N3O2/c1-16(2)12-6-4-7-13(10-12)19-11-14(18)17(3)9-5-8-15/h4,6-7,10H,5,9,11H2,1-3H3. The van der Waals surface area contributed by atoms with E-state index in [4.69, 9.17) is 10.00 Å². The van der Waals surface area contributed by atoms with Crippen molar-refractivity contribution in [3.05, 3.63) is 24.3 Å². The van der Waals surface area contributed by atoms with Crippen molar-refractivity contribution in [1.82, 2.24) is 4.90 Å². The van der Waals surface area contributed by atoms with Crippen molar-refractivity contribution in [1.29, 1.82) is 5.26 Å². The molecule has 5 heteroatoms. The van der Waals surface area contributed by atoms with Crippen molar-refractivity contribution < 1.29 is 9.53 Å². The van der Waals surface area contributed by atoms with E-state index < -0.39 is 0 Å². The molecule has 0 aromatic heterocycles. The van der Waals surface area contributed by atoms with E-state index in [1.807, 2.05) is 49.3 Å². The number of carbonyl (C=O) groups is 1. The molecule has 0 aliphatic rings. The molecule has 0 radical (unpaired) electrons. The van der Waals surface area contributed by atoms with Crippen LogP contribution in [0.1, 0.15) is 6.42 Å². The second kappa shape index (κ2) is 7.27. The van der Waals surface area contributed by atoms with Crippen LogP contribution in [0.2, 0.25) is 0 Å². The van der Waals surface area contributed by atoms with Crippen LogP contribution >= 0.6 is 0 Å². The average Bonchev–Trinajstić information content (AvgIpc) is 2.42. The van der Waals surface area contributed by atoms with E-state index in [1.165, 1.54) is 4.90 Å². The third kappa shape index (κ3) is 4.88. The SMILES string of the molecule is CN(CCC#N)C(=O)COc1cccc(N(C)C)c1. The van der Waals surface area contributed by atoms with Crippen LogP contribution in [0.5, 0.6) is 5.75 Å². The van der Waals surface area contributed by atoms with Crippen LogP contribution in [0.25, 0.3) is 0 Å². The van der Waals surface area contributed by atoms with Gasteiger partial charge in [0, 0.05) is 39.4 Å². The van der Waals surface area contributed by atoms with Gasteiger partial charge >= 0.3 is 0 Å². The minimum Gasteiger partial charge on any atom is -0.484 e. The highest BCUT2D eigenvalue weighted by Crippen LogP contribution is 2.19. The zero-order chi connectivity index (χ0) is 14.3. The number of carbonyl (C=O) groups excluding carboxylic acids is 1. The summed E-state index contributed by atoms with van der Waals surface area (Å²) in [5, 5.41) is 8.46. The first-order valence-corrected chi connectivity index (χ1v) is 6.05. The first-order valence-electron chi connectivity index (χ1n) is 6.05. The molecular formula is C14H19N3O2. The van der Waals surface area contributed by atoms with Crippen LogP contribution in [-0.4, -0.2) is 45.1 Å². The Morgan fingerprint density at radius 2 is 2.11 bits per heavy atom. The summed E-state index contributed by atoms with van der Waals surface area (Å²) in [7, 11) is 5.55. The molecule has 1 aromatic carbocycles. The Morgan fingerprint density at radius 1 is 1.37 bits per heavy atom. The minimum absolute atomic E-state index is 0.0151. The van der Waals surface area contributed by atoms with Gasteiger partial charge in [-0.3, -0.25) is 4.79 Å². The lowest BCUT2D eigenvalue weighted by Crippen LogP contribution is -2.32. The van der Waals surface area contributed by atoms with Crippen LogP contribution in [0, 0.1) is 11.3 Å². The molecule has 0 fully saturated rings. The van der Waals surface area contributed by atoms with Crippen molar-refractivity contribution in [2.24, 2.45) is 0 Å². The lowest BCUT2D eigenvalue weighted by atomic mass is 10.3. The first-order chi connectivity index (χ1) is 9.04. The van der Waals surface area contributed by atoms with E-state index in [0.717, 1.165) is 5.69 Å². The molecule has 102 valence electrons. The normalized spacial score (nSPS) is 9.58. The summed E-state index contributed by atoms with van der Waals surface area (Å²) >= 11 is 0. The quantitative estimate of drug-likeness (QED) is 0.778. The number of ether oxygens (including phenoxy) is 1. The van der Waals surface area contributed by atoms with E-state index in [2.05, 4.69) is 0 Å². The summed E-state index contributed by atoms with van der Waals surface area (Å²) < 4.78 is 5.46. The second-order valence-corrected chi connectivity index (χ2v) is 4.40. The number of hydrogen-bond acceptors (Lipinski definition) is 4. The topological polar surface area (TPSA) is 56.6 Å². The molecule has 0 saturated carbocycles. The predicted molar refractivity (Wildman–Crippen MR) is 74.1 cm³/mol. The molecule has 19 heavy (non-hydrogen) atoms. The molecule has 0 unspecified atom stereocenters. The summed E-state index contributed by atoms with van der Waals surface area (Å²) in [6.45, 7) is 0.412. The maximum absolute atomic E-state index is 11.7. The summed E-state index contributed by atoms with van der Waals surface area (Å²) in [5.41, 5.74) is 1.02. The van der Waals surface area contributed by atoms with Crippen molar-refractivity contribution in [2.45, 2.75) is 6.42 Å². The number of benzene rings is 1. The fourth-order valence-corrected chi connectivity index (χ4v) is 1.45. The third-order valence-corrected chi connectivity index (χ3v) is 2.68. The van der Waals surface area contributed by atoms with Gasteiger partial charge in [0.15, 0.2) is 6.61 Å². The van der Waals surface area contributed by atoms with Gasteiger partial charge in [-0.05, 0) is 12.1 Å². The number of nitrogens with zero attached hydrogens (tertiary/aromatic N) is 3. The zero-order valence-corrected chi connectivity index (χ0v) is 11.6. The molecule has 1 amide bonds. The van der Waals surface area contributed by atoms with Crippen molar-refractivity contribution in [3.63, 3.8) is 0 Å².